The van der Waals surface area contributed by atoms with Crippen LogP contribution in [-0.2, 0) is 6.54 Å². The summed E-state index contributed by atoms with van der Waals surface area (Å²) in [5.41, 5.74) is 4.87. The predicted octanol–water partition coefficient (Wildman–Crippen LogP) is 4.92. The number of aryl methyl sites for hydroxylation is 2. The fourth-order valence-corrected chi connectivity index (χ4v) is 4.43. The lowest BCUT2D eigenvalue weighted by Crippen LogP contribution is -2.16. The highest BCUT2D eigenvalue weighted by Gasteiger charge is 2.12. The van der Waals surface area contributed by atoms with E-state index in [0.29, 0.717) is 28.0 Å². The second-order valence-corrected chi connectivity index (χ2v) is 8.28. The number of carbonyl (C=O) groups excluding carboxylic acids is 2. The predicted molar refractivity (Wildman–Crippen MR) is 124 cm³/mol. The molecule has 1 heterocycles. The van der Waals surface area contributed by atoms with Gasteiger partial charge in [-0.05, 0) is 49.2 Å². The first-order chi connectivity index (χ1) is 15.0. The Balaban J connectivity index is 1.69. The molecule has 0 spiro atoms. The van der Waals surface area contributed by atoms with E-state index in [1.165, 1.54) is 16.9 Å². The Labute approximate surface area is 184 Å². The molecule has 0 saturated heterocycles. The van der Waals surface area contributed by atoms with Crippen molar-refractivity contribution >= 4 is 33.2 Å². The average Bonchev–Trinajstić information content (AvgIpc) is 3.10. The highest BCUT2D eigenvalue weighted by molar-refractivity contribution is 7.16. The van der Waals surface area contributed by atoms with Crippen LogP contribution in [0.15, 0.2) is 71.7 Å². The molecule has 1 aromatic heterocycles. The first-order valence-electron chi connectivity index (χ1n) is 9.81. The number of fused-ring (bicyclic) bond motifs is 1. The first kappa shape index (κ1) is 20.5. The van der Waals surface area contributed by atoms with Crippen LogP contribution in [0, 0.1) is 26.2 Å². The number of benzene rings is 3. The van der Waals surface area contributed by atoms with Gasteiger partial charge >= 0.3 is 0 Å². The van der Waals surface area contributed by atoms with Crippen molar-refractivity contribution in [2.45, 2.75) is 20.4 Å². The van der Waals surface area contributed by atoms with Crippen molar-refractivity contribution in [1.82, 2.24) is 4.57 Å². The maximum absolute atomic E-state index is 12.8. The molecule has 4 aromatic rings. The number of rotatable bonds is 4. The Morgan fingerprint density at radius 3 is 2.23 bits per heavy atom. The van der Waals surface area contributed by atoms with Gasteiger partial charge in [-0.3, -0.25) is 9.59 Å². The summed E-state index contributed by atoms with van der Waals surface area (Å²) in [6.07, 6.45) is 5.56. The van der Waals surface area contributed by atoms with Crippen molar-refractivity contribution in [3.05, 3.63) is 99.3 Å². The molecule has 0 aliphatic heterocycles. The Morgan fingerprint density at radius 2 is 1.55 bits per heavy atom. The van der Waals surface area contributed by atoms with E-state index in [4.69, 9.17) is 6.42 Å². The van der Waals surface area contributed by atoms with E-state index in [2.05, 4.69) is 30.0 Å². The standard InChI is InChI=1S/C26H20N2O2S/c1-4-14-28-22-15-17(2)18(3)16-23(22)31-26(28)27-25(30)21-12-10-20(11-13-21)24(29)19-8-6-5-7-9-19/h1,5-13,15-16H,14H2,2-3H3. The molecule has 3 aromatic carbocycles. The molecule has 0 saturated carbocycles. The van der Waals surface area contributed by atoms with Gasteiger partial charge in [-0.2, -0.15) is 4.99 Å². The summed E-state index contributed by atoms with van der Waals surface area (Å²) < 4.78 is 2.92. The largest absolute Gasteiger partial charge is 0.305 e. The molecule has 0 fully saturated rings. The van der Waals surface area contributed by atoms with Gasteiger partial charge in [0.05, 0.1) is 16.8 Å². The van der Waals surface area contributed by atoms with Crippen molar-refractivity contribution < 1.29 is 9.59 Å². The second-order valence-electron chi connectivity index (χ2n) is 7.27. The van der Waals surface area contributed by atoms with Gasteiger partial charge in [-0.25, -0.2) is 0 Å². The first-order valence-corrected chi connectivity index (χ1v) is 10.6. The van der Waals surface area contributed by atoms with Gasteiger partial charge in [0.25, 0.3) is 5.91 Å². The SMILES string of the molecule is C#CCn1c(=NC(=O)c2ccc(C(=O)c3ccccc3)cc2)sc2cc(C)c(C)cc21. The lowest BCUT2D eigenvalue weighted by molar-refractivity contribution is 0.0994. The fraction of sp³-hybridized carbons (Fsp3) is 0.115. The smallest absolute Gasteiger partial charge is 0.279 e. The summed E-state index contributed by atoms with van der Waals surface area (Å²) in [6, 6.07) is 19.8. The molecule has 0 bridgehead atoms. The molecule has 1 amide bonds. The number of nitrogens with zero attached hydrogens (tertiary/aromatic N) is 2. The normalized spacial score (nSPS) is 11.5. The Hall–Kier alpha value is -3.75. The molecule has 0 N–H and O–H groups in total. The number of ketones is 1. The molecule has 31 heavy (non-hydrogen) atoms. The Kier molecular flexibility index (Phi) is 5.66. The fourth-order valence-electron chi connectivity index (χ4n) is 3.32. The highest BCUT2D eigenvalue weighted by atomic mass is 32.1. The number of thiazole rings is 1. The molecule has 0 radical (unpaired) electrons. The van der Waals surface area contributed by atoms with E-state index >= 15 is 0 Å². The third kappa shape index (κ3) is 4.11. The molecule has 0 unspecified atom stereocenters. The van der Waals surface area contributed by atoms with Crippen LogP contribution in [0.1, 0.15) is 37.4 Å². The molecule has 0 atom stereocenters. The summed E-state index contributed by atoms with van der Waals surface area (Å²) in [5, 5.41) is 0. The zero-order valence-corrected chi connectivity index (χ0v) is 18.1. The van der Waals surface area contributed by atoms with Crippen molar-refractivity contribution in [2.24, 2.45) is 4.99 Å². The number of hydrogen-bond acceptors (Lipinski definition) is 3. The van der Waals surface area contributed by atoms with Crippen LogP contribution in [0.2, 0.25) is 0 Å². The van der Waals surface area contributed by atoms with Crippen LogP contribution >= 0.6 is 11.3 Å². The molecular weight excluding hydrogens is 404 g/mol. The maximum atomic E-state index is 12.8. The lowest BCUT2D eigenvalue weighted by Gasteiger charge is -2.03. The quantitative estimate of drug-likeness (QED) is 0.345. The molecule has 0 aliphatic carbocycles. The summed E-state index contributed by atoms with van der Waals surface area (Å²) in [4.78, 5) is 30.3. The zero-order chi connectivity index (χ0) is 22.0. The van der Waals surface area contributed by atoms with Gasteiger partial charge in [0.1, 0.15) is 0 Å². The van der Waals surface area contributed by atoms with Crippen molar-refractivity contribution in [3.63, 3.8) is 0 Å². The Morgan fingerprint density at radius 1 is 0.935 bits per heavy atom. The summed E-state index contributed by atoms with van der Waals surface area (Å²) >= 11 is 1.44. The van der Waals surface area contributed by atoms with E-state index < -0.39 is 0 Å². The minimum absolute atomic E-state index is 0.0846. The van der Waals surface area contributed by atoms with Crippen LogP contribution < -0.4 is 4.80 Å². The third-order valence-corrected chi connectivity index (χ3v) is 6.22. The number of carbonyl (C=O) groups is 2. The lowest BCUT2D eigenvalue weighted by atomic mass is 10.0. The van der Waals surface area contributed by atoms with E-state index in [9.17, 15) is 9.59 Å². The van der Waals surface area contributed by atoms with E-state index in [1.807, 2.05) is 29.7 Å². The van der Waals surface area contributed by atoms with Gasteiger partial charge in [0.15, 0.2) is 10.6 Å². The van der Waals surface area contributed by atoms with Gasteiger partial charge in [0, 0.05) is 16.7 Å². The minimum Gasteiger partial charge on any atom is -0.305 e. The molecule has 4 nitrogen and oxygen atoms in total. The van der Waals surface area contributed by atoms with Crippen LogP contribution in [0.3, 0.4) is 0 Å². The van der Waals surface area contributed by atoms with Crippen molar-refractivity contribution in [2.75, 3.05) is 0 Å². The topological polar surface area (TPSA) is 51.4 Å². The molecule has 5 heteroatoms. The number of amides is 1. The van der Waals surface area contributed by atoms with Gasteiger partial charge in [-0.15, -0.1) is 6.42 Å². The molecule has 0 aliphatic rings. The van der Waals surface area contributed by atoms with Crippen molar-refractivity contribution in [3.8, 4) is 12.3 Å². The van der Waals surface area contributed by atoms with E-state index in [0.717, 1.165) is 15.8 Å². The molecule has 4 rings (SSSR count). The third-order valence-electron chi connectivity index (χ3n) is 5.17. The van der Waals surface area contributed by atoms with E-state index in [-0.39, 0.29) is 11.7 Å². The zero-order valence-electron chi connectivity index (χ0n) is 17.3. The summed E-state index contributed by atoms with van der Waals surface area (Å²) in [7, 11) is 0. The monoisotopic (exact) mass is 424 g/mol. The van der Waals surface area contributed by atoms with E-state index in [1.54, 1.807) is 36.4 Å². The molecule has 152 valence electrons. The second kappa shape index (κ2) is 8.55. The van der Waals surface area contributed by atoms with Gasteiger partial charge in [0.2, 0.25) is 0 Å². The average molecular weight is 425 g/mol. The van der Waals surface area contributed by atoms with Crippen LogP contribution in [0.5, 0.6) is 0 Å². The van der Waals surface area contributed by atoms with Crippen LogP contribution in [0.4, 0.5) is 0 Å². The number of terminal acetylenes is 1. The van der Waals surface area contributed by atoms with Gasteiger partial charge < -0.3 is 4.57 Å². The molecular formula is C26H20N2O2S. The van der Waals surface area contributed by atoms with Gasteiger partial charge in [-0.1, -0.05) is 59.7 Å². The number of aromatic nitrogens is 1. The van der Waals surface area contributed by atoms with Crippen LogP contribution in [-0.4, -0.2) is 16.3 Å². The van der Waals surface area contributed by atoms with Crippen molar-refractivity contribution in [1.29, 1.82) is 0 Å². The maximum Gasteiger partial charge on any atom is 0.279 e. The Bertz CT molecular complexity index is 1400. The summed E-state index contributed by atoms with van der Waals surface area (Å²) in [6.45, 7) is 4.44. The number of hydrogen-bond donors (Lipinski definition) is 0. The summed E-state index contributed by atoms with van der Waals surface area (Å²) in [5.74, 6) is 2.19. The van der Waals surface area contributed by atoms with Crippen LogP contribution in [0.25, 0.3) is 10.2 Å². The highest BCUT2D eigenvalue weighted by Crippen LogP contribution is 2.22. The minimum atomic E-state index is -0.371.